The Morgan fingerprint density at radius 3 is 2.25 bits per heavy atom. The van der Waals surface area contributed by atoms with Crippen LogP contribution in [0.2, 0.25) is 0 Å². The fraction of sp³-hybridized carbons (Fsp3) is 0. The van der Waals surface area contributed by atoms with Crippen molar-refractivity contribution in [1.82, 2.24) is 0 Å². The molecule has 7 heteroatoms. The number of aliphatic imine (C=N–C) groups is 1. The van der Waals surface area contributed by atoms with Crippen molar-refractivity contribution < 1.29 is 18.6 Å². The summed E-state index contributed by atoms with van der Waals surface area (Å²) in [6.45, 7) is 0. The first-order valence-corrected chi connectivity index (χ1v) is 7.10. The minimum atomic E-state index is -3.72. The van der Waals surface area contributed by atoms with E-state index in [1.54, 1.807) is 0 Å². The summed E-state index contributed by atoms with van der Waals surface area (Å²) in [6, 6.07) is 9.81. The number of primary sulfonamides is 1. The van der Waals surface area contributed by atoms with Crippen LogP contribution in [0.3, 0.4) is 0 Å². The second kappa shape index (κ2) is 5.32. The number of phenolic OH excluding ortho intramolecular Hbond substituents is 2. The summed E-state index contributed by atoms with van der Waals surface area (Å²) in [7, 11) is -3.72. The Labute approximate surface area is 115 Å². The molecule has 0 spiro atoms. The average Bonchev–Trinajstić information content (AvgIpc) is 2.37. The van der Waals surface area contributed by atoms with Gasteiger partial charge in [0.15, 0.2) is 0 Å². The first kappa shape index (κ1) is 14.0. The molecule has 20 heavy (non-hydrogen) atoms. The van der Waals surface area contributed by atoms with Gasteiger partial charge in [0.25, 0.3) is 0 Å². The van der Waals surface area contributed by atoms with Crippen LogP contribution in [0.4, 0.5) is 5.69 Å². The van der Waals surface area contributed by atoms with Crippen LogP contribution in [0.1, 0.15) is 5.56 Å². The summed E-state index contributed by atoms with van der Waals surface area (Å²) in [5.74, 6) is -0.146. The van der Waals surface area contributed by atoms with Crippen molar-refractivity contribution >= 4 is 21.9 Å². The predicted molar refractivity (Wildman–Crippen MR) is 74.8 cm³/mol. The van der Waals surface area contributed by atoms with Crippen molar-refractivity contribution in [2.45, 2.75) is 4.90 Å². The van der Waals surface area contributed by atoms with Crippen molar-refractivity contribution in [3.8, 4) is 11.5 Å². The van der Waals surface area contributed by atoms with Crippen LogP contribution >= 0.6 is 0 Å². The molecule has 0 amide bonds. The van der Waals surface area contributed by atoms with E-state index >= 15 is 0 Å². The molecule has 0 unspecified atom stereocenters. The molecule has 2 aromatic rings. The third kappa shape index (κ3) is 3.34. The zero-order chi connectivity index (χ0) is 14.8. The Hall–Kier alpha value is -2.38. The summed E-state index contributed by atoms with van der Waals surface area (Å²) in [4.78, 5) is 4.09. The molecule has 2 rings (SSSR count). The molecule has 6 nitrogen and oxygen atoms in total. The molecule has 0 aromatic heterocycles. The molecule has 4 N–H and O–H groups in total. The number of benzene rings is 2. The van der Waals surface area contributed by atoms with E-state index in [2.05, 4.69) is 4.99 Å². The molecule has 0 saturated heterocycles. The van der Waals surface area contributed by atoms with Gasteiger partial charge in [0.2, 0.25) is 10.0 Å². The number of hydrogen-bond donors (Lipinski definition) is 3. The molecule has 2 aromatic carbocycles. The Kier molecular flexibility index (Phi) is 3.73. The molecule has 0 saturated carbocycles. The molecule has 0 fully saturated rings. The van der Waals surface area contributed by atoms with Crippen molar-refractivity contribution in [1.29, 1.82) is 0 Å². The minimum absolute atomic E-state index is 0.00364. The fourth-order valence-corrected chi connectivity index (χ4v) is 2.02. The molecule has 104 valence electrons. The second-order valence-corrected chi connectivity index (χ2v) is 5.60. The average molecular weight is 292 g/mol. The molecule has 0 bridgehead atoms. The molecule has 0 heterocycles. The van der Waals surface area contributed by atoms with E-state index in [-0.39, 0.29) is 16.4 Å². The highest BCUT2D eigenvalue weighted by molar-refractivity contribution is 7.89. The van der Waals surface area contributed by atoms with Gasteiger partial charge in [0.05, 0.1) is 10.6 Å². The maximum atomic E-state index is 11.1. The standard InChI is InChI=1S/C13H12N2O4S/c14-20(18,19)12-5-2-10(3-6-12)15-8-9-1-4-11(16)7-13(9)17/h1-8,16-17H,(H2,14,18,19). The lowest BCUT2D eigenvalue weighted by molar-refractivity contribution is 0.450. The van der Waals surface area contributed by atoms with E-state index in [1.807, 2.05) is 0 Å². The maximum absolute atomic E-state index is 11.1. The Morgan fingerprint density at radius 2 is 1.70 bits per heavy atom. The highest BCUT2D eigenvalue weighted by Crippen LogP contribution is 2.22. The van der Waals surface area contributed by atoms with Crippen LogP contribution in [0, 0.1) is 0 Å². The number of hydrogen-bond acceptors (Lipinski definition) is 5. The molecule has 0 aliphatic heterocycles. The molecule has 0 radical (unpaired) electrons. The molecular formula is C13H12N2O4S. The summed E-state index contributed by atoms with van der Waals surface area (Å²) in [5.41, 5.74) is 0.934. The lowest BCUT2D eigenvalue weighted by Gasteiger charge is -2.00. The lowest BCUT2D eigenvalue weighted by Crippen LogP contribution is -2.11. The molecule has 0 atom stereocenters. The summed E-state index contributed by atoms with van der Waals surface area (Å²) < 4.78 is 22.2. The number of nitrogens with two attached hydrogens (primary N) is 1. The van der Waals surface area contributed by atoms with Crippen LogP contribution < -0.4 is 5.14 Å². The molecular weight excluding hydrogens is 280 g/mol. The zero-order valence-corrected chi connectivity index (χ0v) is 11.1. The zero-order valence-electron chi connectivity index (χ0n) is 10.3. The van der Waals surface area contributed by atoms with Gasteiger partial charge < -0.3 is 10.2 Å². The van der Waals surface area contributed by atoms with Crippen LogP contribution in [0.15, 0.2) is 52.4 Å². The number of nitrogens with zero attached hydrogens (tertiary/aromatic N) is 1. The van der Waals surface area contributed by atoms with Gasteiger partial charge in [-0.3, -0.25) is 4.99 Å². The Morgan fingerprint density at radius 1 is 1.05 bits per heavy atom. The van der Waals surface area contributed by atoms with Crippen molar-refractivity contribution in [2.75, 3.05) is 0 Å². The summed E-state index contributed by atoms with van der Waals surface area (Å²) in [6.07, 6.45) is 1.40. The topological polar surface area (TPSA) is 113 Å². The van der Waals surface area contributed by atoms with Crippen molar-refractivity contribution in [2.24, 2.45) is 10.1 Å². The van der Waals surface area contributed by atoms with Gasteiger partial charge in [-0.1, -0.05) is 0 Å². The van der Waals surface area contributed by atoms with E-state index in [0.717, 1.165) is 0 Å². The van der Waals surface area contributed by atoms with E-state index < -0.39 is 10.0 Å². The fourth-order valence-electron chi connectivity index (χ4n) is 1.51. The van der Waals surface area contributed by atoms with Gasteiger partial charge in [-0.05, 0) is 36.4 Å². The quantitative estimate of drug-likeness (QED) is 0.744. The largest absolute Gasteiger partial charge is 0.508 e. The number of aromatic hydroxyl groups is 2. The van der Waals surface area contributed by atoms with Crippen LogP contribution in [-0.2, 0) is 10.0 Å². The third-order valence-corrected chi connectivity index (χ3v) is 3.46. The number of sulfonamides is 1. The second-order valence-electron chi connectivity index (χ2n) is 4.04. The van der Waals surface area contributed by atoms with E-state index in [4.69, 9.17) is 10.2 Å². The van der Waals surface area contributed by atoms with Gasteiger partial charge in [-0.2, -0.15) is 0 Å². The van der Waals surface area contributed by atoms with Crippen molar-refractivity contribution in [3.05, 3.63) is 48.0 Å². The van der Waals surface area contributed by atoms with E-state index in [1.165, 1.54) is 48.7 Å². The van der Waals surface area contributed by atoms with Gasteiger partial charge in [-0.15, -0.1) is 0 Å². The highest BCUT2D eigenvalue weighted by Gasteiger charge is 2.06. The monoisotopic (exact) mass is 292 g/mol. The molecule has 0 aliphatic rings. The minimum Gasteiger partial charge on any atom is -0.508 e. The number of phenols is 2. The maximum Gasteiger partial charge on any atom is 0.238 e. The SMILES string of the molecule is NS(=O)(=O)c1ccc(N=Cc2ccc(O)cc2O)cc1. The normalized spacial score (nSPS) is 11.8. The van der Waals surface area contributed by atoms with Crippen LogP contribution in [-0.4, -0.2) is 24.8 Å². The van der Waals surface area contributed by atoms with Gasteiger partial charge >= 0.3 is 0 Å². The first-order valence-electron chi connectivity index (χ1n) is 5.55. The summed E-state index contributed by atoms with van der Waals surface area (Å²) in [5, 5.41) is 23.7. The Bertz CT molecular complexity index is 752. The first-order chi connectivity index (χ1) is 9.36. The lowest BCUT2D eigenvalue weighted by atomic mass is 10.2. The van der Waals surface area contributed by atoms with Crippen molar-refractivity contribution in [3.63, 3.8) is 0 Å². The third-order valence-electron chi connectivity index (χ3n) is 2.53. The summed E-state index contributed by atoms with van der Waals surface area (Å²) >= 11 is 0. The van der Waals surface area contributed by atoms with E-state index in [9.17, 15) is 13.5 Å². The molecule has 0 aliphatic carbocycles. The van der Waals surface area contributed by atoms with Gasteiger partial charge in [0, 0.05) is 17.8 Å². The van der Waals surface area contributed by atoms with E-state index in [0.29, 0.717) is 11.3 Å². The van der Waals surface area contributed by atoms with Gasteiger partial charge in [0.1, 0.15) is 11.5 Å². The Balaban J connectivity index is 2.24. The number of rotatable bonds is 3. The predicted octanol–water partition coefficient (Wildman–Crippen LogP) is 1.50. The van der Waals surface area contributed by atoms with Gasteiger partial charge in [-0.25, -0.2) is 13.6 Å². The van der Waals surface area contributed by atoms with Crippen LogP contribution in [0.5, 0.6) is 11.5 Å². The van der Waals surface area contributed by atoms with Crippen LogP contribution in [0.25, 0.3) is 0 Å². The highest BCUT2D eigenvalue weighted by atomic mass is 32.2. The smallest absolute Gasteiger partial charge is 0.238 e.